The Balaban J connectivity index is 1.74. The van der Waals surface area contributed by atoms with Gasteiger partial charge in [-0.2, -0.15) is 0 Å². The molecular formula is C28H26N2Si. The smallest absolute Gasteiger partial charge is 0.154 e. The van der Waals surface area contributed by atoms with Gasteiger partial charge in [0.1, 0.15) is 8.07 Å². The number of rotatable bonds is 3. The van der Waals surface area contributed by atoms with Crippen LogP contribution in [0.25, 0.3) is 39.1 Å². The Morgan fingerprint density at radius 1 is 0.742 bits per heavy atom. The van der Waals surface area contributed by atoms with Gasteiger partial charge < -0.3 is 0 Å². The van der Waals surface area contributed by atoms with E-state index in [0.29, 0.717) is 0 Å². The van der Waals surface area contributed by atoms with Gasteiger partial charge >= 0.3 is 0 Å². The summed E-state index contributed by atoms with van der Waals surface area (Å²) in [5.74, 6) is 0.844. The van der Waals surface area contributed by atoms with Crippen LogP contribution < -0.4 is 10.5 Å². The van der Waals surface area contributed by atoms with Crippen LogP contribution in [0.1, 0.15) is 19.7 Å². The van der Waals surface area contributed by atoms with E-state index in [4.69, 9.17) is 9.97 Å². The van der Waals surface area contributed by atoms with Crippen LogP contribution in [-0.4, -0.2) is 18.0 Å². The lowest BCUT2D eigenvalue weighted by molar-refractivity contribution is 1.14. The zero-order valence-corrected chi connectivity index (χ0v) is 19.5. The summed E-state index contributed by atoms with van der Waals surface area (Å²) in [7, 11) is -1.88. The van der Waals surface area contributed by atoms with Crippen LogP contribution in [0.3, 0.4) is 0 Å². The van der Waals surface area contributed by atoms with Gasteiger partial charge in [0.25, 0.3) is 0 Å². The van der Waals surface area contributed by atoms with Crippen molar-refractivity contribution in [2.24, 2.45) is 0 Å². The molecule has 4 aromatic rings. The number of hydrogen-bond acceptors (Lipinski definition) is 2. The fraction of sp³-hybridized carbons (Fsp3) is 0.143. The van der Waals surface area contributed by atoms with Crippen molar-refractivity contribution in [1.29, 1.82) is 0 Å². The molecule has 0 saturated carbocycles. The predicted molar refractivity (Wildman–Crippen MR) is 134 cm³/mol. The third-order valence-corrected chi connectivity index (χ3v) is 9.75. The molecule has 0 unspecified atom stereocenters. The van der Waals surface area contributed by atoms with Gasteiger partial charge in [-0.15, -0.1) is 0 Å². The second-order valence-corrected chi connectivity index (χ2v) is 13.0. The molecule has 0 N–H and O–H groups in total. The number of aromatic nitrogens is 2. The summed E-state index contributed by atoms with van der Waals surface area (Å²) in [5.41, 5.74) is 8.29. The molecule has 31 heavy (non-hydrogen) atoms. The van der Waals surface area contributed by atoms with Crippen LogP contribution in [0.4, 0.5) is 0 Å². The van der Waals surface area contributed by atoms with E-state index in [-0.39, 0.29) is 0 Å². The highest BCUT2D eigenvalue weighted by molar-refractivity contribution is 7.03. The number of benzene rings is 3. The van der Waals surface area contributed by atoms with Gasteiger partial charge in [0.2, 0.25) is 0 Å². The molecule has 2 heterocycles. The molecule has 5 rings (SSSR count). The first-order chi connectivity index (χ1) is 15.0. The van der Waals surface area contributed by atoms with Gasteiger partial charge in [-0.05, 0) is 41.3 Å². The molecule has 3 heteroatoms. The van der Waals surface area contributed by atoms with E-state index in [1.165, 1.54) is 32.8 Å². The van der Waals surface area contributed by atoms with Crippen LogP contribution in [0.2, 0.25) is 13.1 Å². The molecule has 2 nitrogen and oxygen atoms in total. The quantitative estimate of drug-likeness (QED) is 0.379. The maximum atomic E-state index is 5.13. The number of fused-ring (bicyclic) bond motifs is 3. The maximum absolute atomic E-state index is 5.13. The Morgan fingerprint density at radius 3 is 2.06 bits per heavy atom. The molecule has 1 aliphatic rings. The molecule has 0 spiro atoms. The molecule has 0 atom stereocenters. The molecule has 0 fully saturated rings. The fourth-order valence-corrected chi connectivity index (χ4v) is 7.42. The second-order valence-electron chi connectivity index (χ2n) is 8.71. The van der Waals surface area contributed by atoms with E-state index in [9.17, 15) is 0 Å². The van der Waals surface area contributed by atoms with Crippen LogP contribution >= 0.6 is 0 Å². The fourth-order valence-electron chi connectivity index (χ4n) is 4.51. The van der Waals surface area contributed by atoms with Crippen molar-refractivity contribution in [1.82, 2.24) is 9.97 Å². The Hall–Kier alpha value is -3.30. The first-order valence-electron chi connectivity index (χ1n) is 10.8. The summed E-state index contributed by atoms with van der Waals surface area (Å²) < 4.78 is 0. The van der Waals surface area contributed by atoms with Crippen molar-refractivity contribution in [2.75, 3.05) is 0 Å². The average Bonchev–Trinajstić information content (AvgIpc) is 3.06. The Kier molecular flexibility index (Phi) is 4.71. The minimum Gasteiger partial charge on any atom is -0.237 e. The summed E-state index contributed by atoms with van der Waals surface area (Å²) in [6.45, 7) is 8.96. The first-order valence-corrected chi connectivity index (χ1v) is 13.8. The SMILES string of the molecule is CC=C(C)c1nc(-c2ccc(-c3ccccc3)cc2)c2c(n1)[Si](C)(C)c1ccccc1-2. The van der Waals surface area contributed by atoms with E-state index in [2.05, 4.69) is 112 Å². The van der Waals surface area contributed by atoms with Crippen molar-refractivity contribution in [2.45, 2.75) is 26.9 Å². The van der Waals surface area contributed by atoms with Crippen molar-refractivity contribution in [3.8, 4) is 33.5 Å². The molecule has 1 aromatic heterocycles. The maximum Gasteiger partial charge on any atom is 0.154 e. The van der Waals surface area contributed by atoms with Crippen molar-refractivity contribution in [3.63, 3.8) is 0 Å². The third-order valence-electron chi connectivity index (χ3n) is 6.42. The number of nitrogens with zero attached hydrogens (tertiary/aromatic N) is 2. The highest BCUT2D eigenvalue weighted by Gasteiger charge is 2.41. The van der Waals surface area contributed by atoms with E-state index in [1.54, 1.807) is 0 Å². The Morgan fingerprint density at radius 2 is 1.35 bits per heavy atom. The first kappa shape index (κ1) is 19.6. The zero-order chi connectivity index (χ0) is 21.6. The highest BCUT2D eigenvalue weighted by Crippen LogP contribution is 2.36. The molecular weight excluding hydrogens is 392 g/mol. The molecule has 0 aliphatic carbocycles. The van der Waals surface area contributed by atoms with Gasteiger partial charge in [0, 0.05) is 16.4 Å². The largest absolute Gasteiger partial charge is 0.237 e. The monoisotopic (exact) mass is 418 g/mol. The van der Waals surface area contributed by atoms with Crippen LogP contribution in [0, 0.1) is 0 Å². The molecule has 1 aliphatic heterocycles. The lowest BCUT2D eigenvalue weighted by atomic mass is 9.98. The number of hydrogen-bond donors (Lipinski definition) is 0. The summed E-state index contributed by atoms with van der Waals surface area (Å²) in [6, 6.07) is 28.1. The second kappa shape index (κ2) is 7.43. The minimum absolute atomic E-state index is 0.844. The van der Waals surface area contributed by atoms with E-state index >= 15 is 0 Å². The summed E-state index contributed by atoms with van der Waals surface area (Å²) >= 11 is 0. The van der Waals surface area contributed by atoms with Gasteiger partial charge in [-0.1, -0.05) is 98.0 Å². The van der Waals surface area contributed by atoms with E-state index < -0.39 is 8.07 Å². The molecule has 0 radical (unpaired) electrons. The molecule has 152 valence electrons. The van der Waals surface area contributed by atoms with Crippen LogP contribution in [0.5, 0.6) is 0 Å². The van der Waals surface area contributed by atoms with Crippen molar-refractivity contribution >= 4 is 24.2 Å². The summed E-state index contributed by atoms with van der Waals surface area (Å²) in [6.07, 6.45) is 2.10. The van der Waals surface area contributed by atoms with E-state index in [1.807, 2.05) is 0 Å². The highest BCUT2D eigenvalue weighted by atomic mass is 28.3. The van der Waals surface area contributed by atoms with E-state index in [0.717, 1.165) is 22.7 Å². The van der Waals surface area contributed by atoms with Crippen LogP contribution in [0.15, 0.2) is 84.9 Å². The van der Waals surface area contributed by atoms with Crippen LogP contribution in [-0.2, 0) is 0 Å². The molecule has 3 aromatic carbocycles. The topological polar surface area (TPSA) is 25.8 Å². The van der Waals surface area contributed by atoms with Gasteiger partial charge in [0.15, 0.2) is 5.82 Å². The summed E-state index contributed by atoms with van der Waals surface area (Å²) in [5, 5.41) is 2.71. The van der Waals surface area contributed by atoms with Gasteiger partial charge in [-0.3, -0.25) is 0 Å². The standard InChI is InChI=1S/C28H26N2Si/c1-5-19(2)27-29-26(22-17-15-21(16-18-22)20-11-7-6-8-12-20)25-23-13-9-10-14-24(23)31(3,4)28(25)30-27/h5-18H,1-4H3. The van der Waals surface area contributed by atoms with Gasteiger partial charge in [0.05, 0.1) is 5.69 Å². The van der Waals surface area contributed by atoms with Crippen molar-refractivity contribution < 1.29 is 0 Å². The predicted octanol–water partition coefficient (Wildman–Crippen LogP) is 6.04. The van der Waals surface area contributed by atoms with Gasteiger partial charge in [-0.25, -0.2) is 9.97 Å². The Bertz CT molecular complexity index is 1300. The normalized spacial score (nSPS) is 14.3. The minimum atomic E-state index is -1.88. The molecule has 0 saturated heterocycles. The third kappa shape index (κ3) is 3.17. The molecule has 0 bridgehead atoms. The lowest BCUT2D eigenvalue weighted by Gasteiger charge is -2.19. The summed E-state index contributed by atoms with van der Waals surface area (Å²) in [4.78, 5) is 10.2. The lowest BCUT2D eigenvalue weighted by Crippen LogP contribution is -2.51. The Labute approximate surface area is 185 Å². The number of allylic oxidation sites excluding steroid dienone is 2. The van der Waals surface area contributed by atoms with Crippen molar-refractivity contribution in [3.05, 3.63) is 90.8 Å². The average molecular weight is 419 g/mol. The molecule has 0 amide bonds. The zero-order valence-electron chi connectivity index (χ0n) is 18.5.